The van der Waals surface area contributed by atoms with Crippen LogP contribution < -0.4 is 4.74 Å². The molecule has 76 valence electrons. The summed E-state index contributed by atoms with van der Waals surface area (Å²) in [6.07, 6.45) is 0.796. The fourth-order valence-electron chi connectivity index (χ4n) is 1.10. The van der Waals surface area contributed by atoms with Gasteiger partial charge in [0.15, 0.2) is 6.29 Å². The zero-order chi connectivity index (χ0) is 10.7. The first-order valence-corrected chi connectivity index (χ1v) is 5.51. The number of halogens is 1. The maximum Gasteiger partial charge on any atom is 0.160 e. The third-order valence-corrected chi connectivity index (χ3v) is 2.92. The Labute approximate surface area is 96.1 Å². The Kier molecular flexibility index (Phi) is 3.04. The van der Waals surface area contributed by atoms with Crippen molar-refractivity contribution in [2.75, 3.05) is 0 Å². The van der Waals surface area contributed by atoms with Gasteiger partial charge in [0.1, 0.15) is 11.5 Å². The van der Waals surface area contributed by atoms with Crippen LogP contribution in [0, 0.1) is 0 Å². The van der Waals surface area contributed by atoms with Crippen LogP contribution in [0.25, 0.3) is 0 Å². The Morgan fingerprint density at radius 3 is 2.80 bits per heavy atom. The first-order chi connectivity index (χ1) is 7.29. The van der Waals surface area contributed by atoms with Gasteiger partial charge in [-0.2, -0.15) is 0 Å². The molecule has 1 aromatic carbocycles. The van der Waals surface area contributed by atoms with Crippen molar-refractivity contribution in [3.8, 4) is 11.5 Å². The van der Waals surface area contributed by atoms with Crippen LogP contribution in [-0.4, -0.2) is 6.29 Å². The van der Waals surface area contributed by atoms with E-state index in [1.807, 2.05) is 12.1 Å². The molecule has 0 bridgehead atoms. The number of para-hydroxylation sites is 1. The maximum atomic E-state index is 10.5. The van der Waals surface area contributed by atoms with Gasteiger partial charge in [-0.3, -0.25) is 4.79 Å². The predicted molar refractivity (Wildman–Crippen MR) is 61.2 cm³/mol. The first-order valence-electron chi connectivity index (χ1n) is 4.25. The summed E-state index contributed by atoms with van der Waals surface area (Å²) in [5, 5.41) is 2.32. The zero-order valence-electron chi connectivity index (χ0n) is 7.64. The molecule has 0 saturated carbocycles. The second kappa shape index (κ2) is 4.47. The topological polar surface area (TPSA) is 26.3 Å². The zero-order valence-corrected chi connectivity index (χ0v) is 9.22. The molecular weight excluding hydrogens is 232 g/mol. The SMILES string of the molecule is O=Cc1cc(Oc2ccccc2Cl)cs1. The van der Waals surface area contributed by atoms with Gasteiger partial charge in [-0.1, -0.05) is 23.7 Å². The van der Waals surface area contributed by atoms with Gasteiger partial charge in [-0.25, -0.2) is 0 Å². The molecule has 0 fully saturated rings. The average Bonchev–Trinajstić information content (AvgIpc) is 2.69. The second-order valence-corrected chi connectivity index (χ2v) is 4.19. The van der Waals surface area contributed by atoms with E-state index < -0.39 is 0 Å². The van der Waals surface area contributed by atoms with Crippen LogP contribution in [0.4, 0.5) is 0 Å². The van der Waals surface area contributed by atoms with Crippen molar-refractivity contribution in [3.63, 3.8) is 0 Å². The van der Waals surface area contributed by atoms with E-state index in [9.17, 15) is 4.79 Å². The molecular formula is C11H7ClO2S. The molecule has 0 atom stereocenters. The summed E-state index contributed by atoms with van der Waals surface area (Å²) in [6, 6.07) is 8.89. The number of hydrogen-bond donors (Lipinski definition) is 0. The van der Waals surface area contributed by atoms with Gasteiger partial charge >= 0.3 is 0 Å². The van der Waals surface area contributed by atoms with Gasteiger partial charge in [-0.15, -0.1) is 11.3 Å². The van der Waals surface area contributed by atoms with E-state index in [4.69, 9.17) is 16.3 Å². The normalized spacial score (nSPS) is 9.93. The molecule has 0 unspecified atom stereocenters. The van der Waals surface area contributed by atoms with E-state index in [0.717, 1.165) is 6.29 Å². The summed E-state index contributed by atoms with van der Waals surface area (Å²) >= 11 is 7.26. The lowest BCUT2D eigenvalue weighted by atomic mass is 10.3. The molecule has 4 heteroatoms. The Bertz CT molecular complexity index is 479. The van der Waals surface area contributed by atoms with Gasteiger partial charge in [0.25, 0.3) is 0 Å². The molecule has 0 amide bonds. The maximum absolute atomic E-state index is 10.5. The highest BCUT2D eigenvalue weighted by Crippen LogP contribution is 2.30. The lowest BCUT2D eigenvalue weighted by molar-refractivity contribution is 0.112. The summed E-state index contributed by atoms with van der Waals surface area (Å²) < 4.78 is 5.51. The van der Waals surface area contributed by atoms with Crippen molar-refractivity contribution in [1.82, 2.24) is 0 Å². The van der Waals surface area contributed by atoms with Crippen LogP contribution in [0.2, 0.25) is 5.02 Å². The smallest absolute Gasteiger partial charge is 0.160 e. The molecule has 0 spiro atoms. The van der Waals surface area contributed by atoms with Crippen molar-refractivity contribution in [3.05, 3.63) is 45.6 Å². The van der Waals surface area contributed by atoms with Crippen molar-refractivity contribution < 1.29 is 9.53 Å². The fourth-order valence-corrected chi connectivity index (χ4v) is 1.89. The highest BCUT2D eigenvalue weighted by atomic mass is 35.5. The minimum atomic E-state index is 0.552. The Morgan fingerprint density at radius 1 is 1.33 bits per heavy atom. The second-order valence-electron chi connectivity index (χ2n) is 2.84. The largest absolute Gasteiger partial charge is 0.455 e. The third-order valence-electron chi connectivity index (χ3n) is 1.78. The van der Waals surface area contributed by atoms with E-state index in [0.29, 0.717) is 21.4 Å². The summed E-state index contributed by atoms with van der Waals surface area (Å²) in [4.78, 5) is 11.1. The molecule has 1 aromatic heterocycles. The van der Waals surface area contributed by atoms with E-state index in [1.165, 1.54) is 11.3 Å². The van der Waals surface area contributed by atoms with Crippen molar-refractivity contribution >= 4 is 29.2 Å². The number of thiophene rings is 1. The summed E-state index contributed by atoms with van der Waals surface area (Å²) in [7, 11) is 0. The predicted octanol–water partition coefficient (Wildman–Crippen LogP) is 4.01. The monoisotopic (exact) mass is 238 g/mol. The number of rotatable bonds is 3. The van der Waals surface area contributed by atoms with Crippen molar-refractivity contribution in [2.24, 2.45) is 0 Å². The number of hydrogen-bond acceptors (Lipinski definition) is 3. The molecule has 15 heavy (non-hydrogen) atoms. The first kappa shape index (κ1) is 10.2. The highest BCUT2D eigenvalue weighted by molar-refractivity contribution is 7.11. The van der Waals surface area contributed by atoms with Gasteiger partial charge in [-0.05, 0) is 12.1 Å². The van der Waals surface area contributed by atoms with E-state index in [2.05, 4.69) is 0 Å². The molecule has 0 N–H and O–H groups in total. The molecule has 2 rings (SSSR count). The third kappa shape index (κ3) is 2.37. The quantitative estimate of drug-likeness (QED) is 0.756. The minimum absolute atomic E-state index is 0.552. The van der Waals surface area contributed by atoms with Crippen LogP contribution >= 0.6 is 22.9 Å². The van der Waals surface area contributed by atoms with Crippen LogP contribution in [0.1, 0.15) is 9.67 Å². The molecule has 0 saturated heterocycles. The molecule has 2 nitrogen and oxygen atoms in total. The van der Waals surface area contributed by atoms with Crippen LogP contribution in [0.3, 0.4) is 0 Å². The van der Waals surface area contributed by atoms with E-state index in [-0.39, 0.29) is 0 Å². The molecule has 2 aromatic rings. The van der Waals surface area contributed by atoms with E-state index >= 15 is 0 Å². The average molecular weight is 239 g/mol. The lowest BCUT2D eigenvalue weighted by Gasteiger charge is -2.03. The summed E-state index contributed by atoms with van der Waals surface area (Å²) in [6.45, 7) is 0. The molecule has 1 heterocycles. The van der Waals surface area contributed by atoms with Gasteiger partial charge < -0.3 is 4.74 Å². The number of benzene rings is 1. The van der Waals surface area contributed by atoms with Crippen molar-refractivity contribution in [2.45, 2.75) is 0 Å². The van der Waals surface area contributed by atoms with Crippen LogP contribution in [-0.2, 0) is 0 Å². The number of aldehydes is 1. The standard InChI is InChI=1S/C11H7ClO2S/c12-10-3-1-2-4-11(10)14-8-5-9(6-13)15-7-8/h1-7H. The number of carbonyl (C=O) groups is 1. The molecule has 0 aliphatic heterocycles. The number of ether oxygens (including phenoxy) is 1. The minimum Gasteiger partial charge on any atom is -0.455 e. The Morgan fingerprint density at radius 2 is 2.13 bits per heavy atom. The van der Waals surface area contributed by atoms with Gasteiger partial charge in [0.2, 0.25) is 0 Å². The van der Waals surface area contributed by atoms with Gasteiger partial charge in [0, 0.05) is 11.4 Å². The Balaban J connectivity index is 2.22. The van der Waals surface area contributed by atoms with E-state index in [1.54, 1.807) is 23.6 Å². The molecule has 0 aliphatic rings. The van der Waals surface area contributed by atoms with Crippen LogP contribution in [0.5, 0.6) is 11.5 Å². The Hall–Kier alpha value is -1.32. The summed E-state index contributed by atoms with van der Waals surface area (Å²) in [5.74, 6) is 1.23. The lowest BCUT2D eigenvalue weighted by Crippen LogP contribution is -1.82. The van der Waals surface area contributed by atoms with Crippen molar-refractivity contribution in [1.29, 1.82) is 0 Å². The number of carbonyl (C=O) groups excluding carboxylic acids is 1. The fraction of sp³-hybridized carbons (Fsp3) is 0. The van der Waals surface area contributed by atoms with Crippen LogP contribution in [0.15, 0.2) is 35.7 Å². The molecule has 0 radical (unpaired) electrons. The highest BCUT2D eigenvalue weighted by Gasteiger charge is 2.04. The molecule has 0 aliphatic carbocycles. The summed E-state index contributed by atoms with van der Waals surface area (Å²) in [5.41, 5.74) is 0. The van der Waals surface area contributed by atoms with Gasteiger partial charge in [0.05, 0.1) is 9.90 Å².